The van der Waals surface area contributed by atoms with Crippen molar-refractivity contribution in [2.45, 2.75) is 6.43 Å². The van der Waals surface area contributed by atoms with E-state index in [2.05, 4.69) is 4.98 Å². The number of alkyl halides is 2. The van der Waals surface area contributed by atoms with Crippen LogP contribution in [0, 0.1) is 3.57 Å². The highest BCUT2D eigenvalue weighted by molar-refractivity contribution is 14.1. The minimum atomic E-state index is -2.63. The maximum Gasteiger partial charge on any atom is 0.281 e. The van der Waals surface area contributed by atoms with Gasteiger partial charge in [0.25, 0.3) is 6.43 Å². The summed E-state index contributed by atoms with van der Waals surface area (Å²) in [4.78, 5) is 3.59. The van der Waals surface area contributed by atoms with Gasteiger partial charge in [0.1, 0.15) is 5.69 Å². The molecule has 0 unspecified atom stereocenters. The summed E-state index contributed by atoms with van der Waals surface area (Å²) in [5.41, 5.74) is 5.39. The number of nitrogen functional groups attached to an aromatic ring is 1. The maximum atomic E-state index is 12.3. The van der Waals surface area contributed by atoms with Crippen LogP contribution in [0.4, 0.5) is 14.5 Å². The summed E-state index contributed by atoms with van der Waals surface area (Å²) in [6.07, 6.45) is -2.63. The second-order valence-electron chi connectivity index (χ2n) is 2.25. The van der Waals surface area contributed by atoms with E-state index in [1.807, 2.05) is 0 Å². The molecule has 3 nitrogen and oxygen atoms in total. The van der Waals surface area contributed by atoms with Gasteiger partial charge in [-0.05, 0) is 22.6 Å². The maximum absolute atomic E-state index is 12.3. The van der Waals surface area contributed by atoms with Gasteiger partial charge in [-0.15, -0.1) is 0 Å². The van der Waals surface area contributed by atoms with Crippen molar-refractivity contribution in [3.05, 3.63) is 15.3 Å². The van der Waals surface area contributed by atoms with E-state index in [0.717, 1.165) is 0 Å². The molecule has 0 aliphatic rings. The largest absolute Gasteiger partial charge is 0.481 e. The Morgan fingerprint density at radius 1 is 1.62 bits per heavy atom. The summed E-state index contributed by atoms with van der Waals surface area (Å²) in [6.45, 7) is 0. The van der Waals surface area contributed by atoms with Crippen LogP contribution in [0.2, 0.25) is 0 Å². The van der Waals surface area contributed by atoms with E-state index in [4.69, 9.17) is 10.5 Å². The molecule has 0 saturated carbocycles. The van der Waals surface area contributed by atoms with E-state index in [1.54, 1.807) is 22.6 Å². The Morgan fingerprint density at radius 3 is 2.69 bits per heavy atom. The highest BCUT2D eigenvalue weighted by Gasteiger charge is 2.17. The summed E-state index contributed by atoms with van der Waals surface area (Å²) in [5.74, 6) is 0.105. The zero-order valence-corrected chi connectivity index (χ0v) is 8.88. The molecule has 0 atom stereocenters. The number of methoxy groups -OCH3 is 1. The van der Waals surface area contributed by atoms with E-state index in [9.17, 15) is 8.78 Å². The predicted molar refractivity (Wildman–Crippen MR) is 52.9 cm³/mol. The second kappa shape index (κ2) is 4.03. The molecule has 1 aromatic heterocycles. The first-order valence-corrected chi connectivity index (χ1v) is 4.42. The van der Waals surface area contributed by atoms with Crippen molar-refractivity contribution in [1.82, 2.24) is 4.98 Å². The van der Waals surface area contributed by atoms with E-state index >= 15 is 0 Å². The third-order valence-electron chi connectivity index (χ3n) is 1.40. The van der Waals surface area contributed by atoms with E-state index < -0.39 is 6.43 Å². The number of nitrogens with zero attached hydrogens (tertiary/aromatic N) is 1. The van der Waals surface area contributed by atoms with Gasteiger partial charge in [-0.2, -0.15) is 0 Å². The van der Waals surface area contributed by atoms with Gasteiger partial charge in [0.15, 0.2) is 0 Å². The molecule has 0 fully saturated rings. The van der Waals surface area contributed by atoms with Crippen LogP contribution >= 0.6 is 22.6 Å². The molecular weight excluding hydrogens is 293 g/mol. The summed E-state index contributed by atoms with van der Waals surface area (Å²) in [5, 5.41) is 0. The fourth-order valence-corrected chi connectivity index (χ4v) is 1.31. The molecule has 2 N–H and O–H groups in total. The van der Waals surface area contributed by atoms with Crippen LogP contribution in [0.25, 0.3) is 0 Å². The summed E-state index contributed by atoms with van der Waals surface area (Å²) < 4.78 is 29.7. The number of hydrogen-bond donors (Lipinski definition) is 1. The zero-order chi connectivity index (χ0) is 10.0. The molecule has 6 heteroatoms. The molecular formula is C7H7F2IN2O. The smallest absolute Gasteiger partial charge is 0.281 e. The number of rotatable bonds is 2. The number of anilines is 1. The lowest BCUT2D eigenvalue weighted by Crippen LogP contribution is -2.02. The molecule has 0 aliphatic carbocycles. The van der Waals surface area contributed by atoms with Gasteiger partial charge in [0, 0.05) is 6.07 Å². The van der Waals surface area contributed by atoms with Crippen molar-refractivity contribution < 1.29 is 13.5 Å². The fourth-order valence-electron chi connectivity index (χ4n) is 0.794. The van der Waals surface area contributed by atoms with E-state index in [0.29, 0.717) is 0 Å². The molecule has 0 bridgehead atoms. The fraction of sp³-hybridized carbons (Fsp3) is 0.286. The number of pyridine rings is 1. The molecule has 0 amide bonds. The first-order chi connectivity index (χ1) is 6.06. The number of halogens is 3. The van der Waals surface area contributed by atoms with Crippen LogP contribution in [-0.2, 0) is 0 Å². The van der Waals surface area contributed by atoms with E-state index in [1.165, 1.54) is 13.2 Å². The average Bonchev–Trinajstić information content (AvgIpc) is 2.09. The quantitative estimate of drug-likeness (QED) is 0.852. The standard InChI is InChI=1S/C7H7F2IN2O/c1-13-4-2-3(11)5(10)6(12-4)7(8)9/h2,7H,1H3,(H2,11,12). The predicted octanol–water partition coefficient (Wildman–Crippen LogP) is 2.21. The van der Waals surface area contributed by atoms with Crippen molar-refractivity contribution in [3.8, 4) is 5.88 Å². The highest BCUT2D eigenvalue weighted by Crippen LogP contribution is 2.29. The molecule has 1 aromatic rings. The normalized spacial score (nSPS) is 10.5. The van der Waals surface area contributed by atoms with Gasteiger partial charge in [-0.25, -0.2) is 13.8 Å². The molecule has 72 valence electrons. The Kier molecular flexibility index (Phi) is 3.23. The number of aromatic nitrogens is 1. The average molecular weight is 300 g/mol. The Labute approximate surface area is 87.4 Å². The SMILES string of the molecule is COc1cc(N)c(I)c(C(F)F)n1. The molecule has 13 heavy (non-hydrogen) atoms. The first-order valence-electron chi connectivity index (χ1n) is 3.34. The van der Waals surface area contributed by atoms with Crippen LogP contribution < -0.4 is 10.5 Å². The van der Waals surface area contributed by atoms with Gasteiger partial charge < -0.3 is 10.5 Å². The van der Waals surface area contributed by atoms with Crippen molar-refractivity contribution in [2.24, 2.45) is 0 Å². The second-order valence-corrected chi connectivity index (χ2v) is 3.33. The minimum Gasteiger partial charge on any atom is -0.481 e. The van der Waals surface area contributed by atoms with Crippen LogP contribution in [0.15, 0.2) is 6.07 Å². The van der Waals surface area contributed by atoms with Crippen molar-refractivity contribution in [2.75, 3.05) is 12.8 Å². The summed E-state index contributed by atoms with van der Waals surface area (Å²) in [6, 6.07) is 1.41. The summed E-state index contributed by atoms with van der Waals surface area (Å²) in [7, 11) is 1.35. The Morgan fingerprint density at radius 2 is 2.23 bits per heavy atom. The van der Waals surface area contributed by atoms with Gasteiger partial charge in [-0.3, -0.25) is 0 Å². The number of hydrogen-bond acceptors (Lipinski definition) is 3. The van der Waals surface area contributed by atoms with Gasteiger partial charge in [0.05, 0.1) is 16.4 Å². The lowest BCUT2D eigenvalue weighted by atomic mass is 10.3. The monoisotopic (exact) mass is 300 g/mol. The van der Waals surface area contributed by atoms with Crippen molar-refractivity contribution in [3.63, 3.8) is 0 Å². The Hall–Kier alpha value is -0.660. The Balaban J connectivity index is 3.25. The molecule has 0 aliphatic heterocycles. The van der Waals surface area contributed by atoms with Crippen molar-refractivity contribution in [1.29, 1.82) is 0 Å². The Bertz CT molecular complexity index is 320. The number of ether oxygens (including phenoxy) is 1. The topological polar surface area (TPSA) is 48.1 Å². The lowest BCUT2D eigenvalue weighted by molar-refractivity contribution is 0.144. The zero-order valence-electron chi connectivity index (χ0n) is 6.72. The van der Waals surface area contributed by atoms with Crippen LogP contribution in [0.1, 0.15) is 12.1 Å². The molecule has 1 rings (SSSR count). The third kappa shape index (κ3) is 2.17. The molecule has 0 aromatic carbocycles. The molecule has 1 heterocycles. The molecule has 0 spiro atoms. The van der Waals surface area contributed by atoms with E-state index in [-0.39, 0.29) is 20.8 Å². The van der Waals surface area contributed by atoms with Crippen LogP contribution in [0.3, 0.4) is 0 Å². The third-order valence-corrected chi connectivity index (χ3v) is 2.58. The highest BCUT2D eigenvalue weighted by atomic mass is 127. The van der Waals surface area contributed by atoms with Gasteiger partial charge >= 0.3 is 0 Å². The van der Waals surface area contributed by atoms with Gasteiger partial charge in [0.2, 0.25) is 5.88 Å². The van der Waals surface area contributed by atoms with Crippen LogP contribution in [0.5, 0.6) is 5.88 Å². The van der Waals surface area contributed by atoms with Gasteiger partial charge in [-0.1, -0.05) is 0 Å². The van der Waals surface area contributed by atoms with Crippen LogP contribution in [-0.4, -0.2) is 12.1 Å². The minimum absolute atomic E-state index is 0.105. The molecule has 0 radical (unpaired) electrons. The molecule has 0 saturated heterocycles. The van der Waals surface area contributed by atoms with Crippen molar-refractivity contribution >= 4 is 28.3 Å². The first kappa shape index (κ1) is 10.4. The lowest BCUT2D eigenvalue weighted by Gasteiger charge is -2.07. The summed E-state index contributed by atoms with van der Waals surface area (Å²) >= 11 is 1.73. The number of nitrogens with two attached hydrogens (primary N) is 1.